The molecule has 0 spiro atoms. The molecule has 0 N–H and O–H groups in total. The molecule has 3 aromatic heterocycles. The zero-order valence-corrected chi connectivity index (χ0v) is 17.7. The first kappa shape index (κ1) is 19.8. The van der Waals surface area contributed by atoms with Crippen LogP contribution in [0.3, 0.4) is 0 Å². The largest absolute Gasteiger partial charge is 0.334 e. The van der Waals surface area contributed by atoms with Crippen LogP contribution in [-0.4, -0.2) is 42.4 Å². The van der Waals surface area contributed by atoms with Crippen LogP contribution in [0.4, 0.5) is 0 Å². The molecule has 0 fully saturated rings. The van der Waals surface area contributed by atoms with Gasteiger partial charge in [0.05, 0.1) is 5.52 Å². The van der Waals surface area contributed by atoms with Crippen molar-refractivity contribution in [1.29, 1.82) is 0 Å². The maximum absolute atomic E-state index is 13.4. The molecule has 0 saturated heterocycles. The number of tetrazole rings is 1. The Labute approximate surface area is 185 Å². The second kappa shape index (κ2) is 8.55. The van der Waals surface area contributed by atoms with Crippen molar-refractivity contribution in [2.75, 3.05) is 6.54 Å². The Morgan fingerprint density at radius 2 is 1.81 bits per heavy atom. The van der Waals surface area contributed by atoms with Crippen molar-refractivity contribution in [3.8, 4) is 0 Å². The first-order chi connectivity index (χ1) is 15.7. The number of pyridine rings is 2. The highest BCUT2D eigenvalue weighted by molar-refractivity contribution is 5.94. The molecule has 158 valence electrons. The smallest absolute Gasteiger partial charge is 0.254 e. The van der Waals surface area contributed by atoms with Crippen LogP contribution in [0.5, 0.6) is 0 Å². The van der Waals surface area contributed by atoms with Gasteiger partial charge in [0.2, 0.25) is 0 Å². The van der Waals surface area contributed by atoms with Gasteiger partial charge in [-0.25, -0.2) is 0 Å². The molecule has 2 aromatic carbocycles. The molecule has 0 saturated carbocycles. The van der Waals surface area contributed by atoms with Gasteiger partial charge in [-0.05, 0) is 59.7 Å². The summed E-state index contributed by atoms with van der Waals surface area (Å²) in [6.45, 7) is 3.04. The summed E-state index contributed by atoms with van der Waals surface area (Å²) < 4.78 is 1.75. The lowest BCUT2D eigenvalue weighted by Gasteiger charge is -2.23. The van der Waals surface area contributed by atoms with E-state index in [0.29, 0.717) is 24.3 Å². The fourth-order valence-electron chi connectivity index (χ4n) is 3.94. The van der Waals surface area contributed by atoms with Crippen LogP contribution in [0.2, 0.25) is 0 Å². The van der Waals surface area contributed by atoms with Gasteiger partial charge in [-0.2, -0.15) is 4.52 Å². The monoisotopic (exact) mass is 422 g/mol. The van der Waals surface area contributed by atoms with E-state index in [1.54, 1.807) is 29.0 Å². The molecule has 0 radical (unpaired) electrons. The Kier molecular flexibility index (Phi) is 5.29. The molecule has 1 amide bonds. The van der Waals surface area contributed by atoms with Crippen LogP contribution in [0.25, 0.3) is 16.6 Å². The lowest BCUT2D eigenvalue weighted by Crippen LogP contribution is -2.32. The quantitative estimate of drug-likeness (QED) is 0.415. The van der Waals surface area contributed by atoms with Gasteiger partial charge in [-0.3, -0.25) is 9.78 Å². The van der Waals surface area contributed by atoms with E-state index in [1.807, 2.05) is 35.2 Å². The summed E-state index contributed by atoms with van der Waals surface area (Å²) >= 11 is 0. The second-order valence-electron chi connectivity index (χ2n) is 7.84. The Morgan fingerprint density at radius 1 is 1.00 bits per heavy atom. The zero-order valence-electron chi connectivity index (χ0n) is 17.7. The van der Waals surface area contributed by atoms with E-state index in [0.717, 1.165) is 28.5 Å². The average Bonchev–Trinajstić information content (AvgIpc) is 3.33. The van der Waals surface area contributed by atoms with Crippen LogP contribution in [0.1, 0.15) is 27.0 Å². The fraction of sp³-hybridized carbons (Fsp3) is 0.160. The maximum atomic E-state index is 13.4. The fourth-order valence-corrected chi connectivity index (χ4v) is 3.94. The van der Waals surface area contributed by atoms with Gasteiger partial charge in [0.15, 0.2) is 5.65 Å². The highest BCUT2D eigenvalue weighted by atomic mass is 16.2. The highest BCUT2D eigenvalue weighted by Crippen LogP contribution is 2.22. The van der Waals surface area contributed by atoms with E-state index in [2.05, 4.69) is 51.7 Å². The topological polar surface area (TPSA) is 76.3 Å². The van der Waals surface area contributed by atoms with Gasteiger partial charge in [-0.1, -0.05) is 42.0 Å². The normalized spacial score (nSPS) is 11.2. The molecule has 3 heterocycles. The van der Waals surface area contributed by atoms with Crippen molar-refractivity contribution in [2.24, 2.45) is 0 Å². The number of nitrogens with zero attached hydrogens (tertiary/aromatic N) is 6. The van der Waals surface area contributed by atoms with Crippen LogP contribution < -0.4 is 0 Å². The number of carbonyl (C=O) groups is 1. The van der Waals surface area contributed by atoms with Gasteiger partial charge in [0.25, 0.3) is 5.91 Å². The summed E-state index contributed by atoms with van der Waals surface area (Å²) in [5, 5.41) is 13.4. The van der Waals surface area contributed by atoms with E-state index < -0.39 is 0 Å². The third-order valence-corrected chi connectivity index (χ3v) is 5.59. The van der Waals surface area contributed by atoms with Crippen molar-refractivity contribution in [3.63, 3.8) is 0 Å². The van der Waals surface area contributed by atoms with E-state index in [-0.39, 0.29) is 5.91 Å². The van der Waals surface area contributed by atoms with Crippen LogP contribution in [0, 0.1) is 6.92 Å². The number of hydrogen-bond acceptors (Lipinski definition) is 5. The van der Waals surface area contributed by atoms with Crippen molar-refractivity contribution < 1.29 is 4.79 Å². The van der Waals surface area contributed by atoms with Gasteiger partial charge < -0.3 is 4.90 Å². The number of aromatic nitrogens is 5. The minimum absolute atomic E-state index is 0.0432. The van der Waals surface area contributed by atoms with E-state index in [9.17, 15) is 4.79 Å². The number of aryl methyl sites for hydroxylation is 1. The zero-order chi connectivity index (χ0) is 21.9. The summed E-state index contributed by atoms with van der Waals surface area (Å²) in [6, 6.07) is 21.9. The van der Waals surface area contributed by atoms with Crippen molar-refractivity contribution in [3.05, 3.63) is 101 Å². The Hall–Kier alpha value is -4.13. The number of rotatable bonds is 6. The predicted molar refractivity (Wildman–Crippen MR) is 122 cm³/mol. The molecule has 0 aliphatic rings. The average molecular weight is 422 g/mol. The van der Waals surface area contributed by atoms with Gasteiger partial charge in [0.1, 0.15) is 0 Å². The van der Waals surface area contributed by atoms with Crippen LogP contribution in [0.15, 0.2) is 79.1 Å². The summed E-state index contributed by atoms with van der Waals surface area (Å²) in [5.74, 6) is -0.0432. The third kappa shape index (κ3) is 3.92. The van der Waals surface area contributed by atoms with Gasteiger partial charge in [-0.15, -0.1) is 5.10 Å². The third-order valence-electron chi connectivity index (χ3n) is 5.59. The van der Waals surface area contributed by atoms with Crippen molar-refractivity contribution in [1.82, 2.24) is 29.9 Å². The van der Waals surface area contributed by atoms with Gasteiger partial charge in [0, 0.05) is 42.0 Å². The number of hydrogen-bond donors (Lipinski definition) is 0. The maximum Gasteiger partial charge on any atom is 0.254 e. The minimum Gasteiger partial charge on any atom is -0.334 e. The van der Waals surface area contributed by atoms with Crippen molar-refractivity contribution >= 4 is 22.5 Å². The lowest BCUT2D eigenvalue weighted by atomic mass is 10.1. The standard InChI is InChI=1S/C25H22N6O/c1-18-7-8-23-21(15-18)16-22(24-27-28-29-31(23)24)17-30(14-11-19-5-3-2-4-6-19)25(32)20-9-12-26-13-10-20/h2-10,12-13,15-16H,11,14,17H2,1H3. The van der Waals surface area contributed by atoms with Crippen LogP contribution in [-0.2, 0) is 13.0 Å². The predicted octanol–water partition coefficient (Wildman–Crippen LogP) is 3.87. The first-order valence-electron chi connectivity index (χ1n) is 10.5. The molecular weight excluding hydrogens is 400 g/mol. The Bertz CT molecular complexity index is 1380. The molecule has 0 aliphatic carbocycles. The van der Waals surface area contributed by atoms with E-state index in [1.165, 1.54) is 5.56 Å². The van der Waals surface area contributed by atoms with Crippen molar-refractivity contribution in [2.45, 2.75) is 19.9 Å². The van der Waals surface area contributed by atoms with Crippen LogP contribution >= 0.6 is 0 Å². The molecule has 7 nitrogen and oxygen atoms in total. The van der Waals surface area contributed by atoms with E-state index in [4.69, 9.17) is 0 Å². The molecule has 7 heteroatoms. The van der Waals surface area contributed by atoms with Gasteiger partial charge >= 0.3 is 0 Å². The molecule has 32 heavy (non-hydrogen) atoms. The SMILES string of the molecule is Cc1ccc2c(c1)cc(CN(CCc1ccccc1)C(=O)c1ccncc1)c1nnnn12. The summed E-state index contributed by atoms with van der Waals surface area (Å²) in [5.41, 5.74) is 5.46. The number of benzene rings is 2. The summed E-state index contributed by atoms with van der Waals surface area (Å²) in [6.07, 6.45) is 4.04. The molecule has 0 atom stereocenters. The molecule has 0 bridgehead atoms. The Morgan fingerprint density at radius 3 is 2.62 bits per heavy atom. The molecule has 0 unspecified atom stereocenters. The highest BCUT2D eigenvalue weighted by Gasteiger charge is 2.19. The molecule has 5 rings (SSSR count). The number of amides is 1. The second-order valence-corrected chi connectivity index (χ2v) is 7.84. The molecular formula is C25H22N6O. The Balaban J connectivity index is 1.53. The summed E-state index contributed by atoms with van der Waals surface area (Å²) in [7, 11) is 0. The first-order valence-corrected chi connectivity index (χ1v) is 10.5. The lowest BCUT2D eigenvalue weighted by molar-refractivity contribution is 0.0745. The van der Waals surface area contributed by atoms with E-state index >= 15 is 0 Å². The molecule has 5 aromatic rings. The number of carbonyl (C=O) groups excluding carboxylic acids is 1. The summed E-state index contributed by atoms with van der Waals surface area (Å²) in [4.78, 5) is 19.3. The minimum atomic E-state index is -0.0432. The molecule has 0 aliphatic heterocycles. The number of fused-ring (bicyclic) bond motifs is 3.